The van der Waals surface area contributed by atoms with Crippen LogP contribution in [-0.2, 0) is 9.84 Å². The Morgan fingerprint density at radius 1 is 1.18 bits per heavy atom. The van der Waals surface area contributed by atoms with E-state index >= 15 is 0 Å². The van der Waals surface area contributed by atoms with Crippen LogP contribution in [0, 0.1) is 12.7 Å². The van der Waals surface area contributed by atoms with E-state index in [-0.39, 0.29) is 21.2 Å². The van der Waals surface area contributed by atoms with Gasteiger partial charge in [0.05, 0.1) is 15.6 Å². The Balaban J connectivity index is 2.36. The van der Waals surface area contributed by atoms with Crippen LogP contribution in [-0.4, -0.2) is 20.6 Å². The standard InChI is InChI=1S/C15H13ClFNO3S/c1-9-3-6-12(17)13(7-9)18-15(19)10-4-5-11(16)14(8-10)22(2,20)21/h3-8H,1-2H3,(H,18,19). The lowest BCUT2D eigenvalue weighted by molar-refractivity contribution is 0.102. The van der Waals surface area contributed by atoms with Crippen LogP contribution in [0.2, 0.25) is 5.02 Å². The molecular formula is C15H13ClFNO3S. The van der Waals surface area contributed by atoms with E-state index in [9.17, 15) is 17.6 Å². The predicted molar refractivity (Wildman–Crippen MR) is 83.7 cm³/mol. The summed E-state index contributed by atoms with van der Waals surface area (Å²) in [5.74, 6) is -1.19. The fourth-order valence-electron chi connectivity index (χ4n) is 1.86. The molecule has 0 fully saturated rings. The molecule has 22 heavy (non-hydrogen) atoms. The number of aryl methyl sites for hydroxylation is 1. The molecule has 0 spiro atoms. The number of anilines is 1. The highest BCUT2D eigenvalue weighted by Crippen LogP contribution is 2.23. The third-order valence-corrected chi connectivity index (χ3v) is 4.54. The minimum atomic E-state index is -3.56. The molecule has 0 saturated heterocycles. The number of halogens is 2. The topological polar surface area (TPSA) is 63.2 Å². The van der Waals surface area contributed by atoms with Crippen molar-refractivity contribution >= 4 is 33.0 Å². The van der Waals surface area contributed by atoms with E-state index in [2.05, 4.69) is 5.32 Å². The van der Waals surface area contributed by atoms with Crippen LogP contribution in [0.5, 0.6) is 0 Å². The maximum absolute atomic E-state index is 13.6. The van der Waals surface area contributed by atoms with Crippen molar-refractivity contribution in [3.63, 3.8) is 0 Å². The van der Waals surface area contributed by atoms with E-state index < -0.39 is 21.6 Å². The van der Waals surface area contributed by atoms with Crippen molar-refractivity contribution < 1.29 is 17.6 Å². The first-order chi connectivity index (χ1) is 10.2. The second kappa shape index (κ2) is 6.06. The van der Waals surface area contributed by atoms with E-state index in [1.807, 2.05) is 0 Å². The Morgan fingerprint density at radius 3 is 2.50 bits per heavy atom. The highest BCUT2D eigenvalue weighted by atomic mass is 35.5. The molecule has 2 aromatic rings. The molecule has 0 aliphatic carbocycles. The number of hydrogen-bond acceptors (Lipinski definition) is 3. The summed E-state index contributed by atoms with van der Waals surface area (Å²) in [5.41, 5.74) is 0.885. The van der Waals surface area contributed by atoms with Crippen LogP contribution < -0.4 is 5.32 Å². The van der Waals surface area contributed by atoms with Crippen LogP contribution in [0.3, 0.4) is 0 Å². The quantitative estimate of drug-likeness (QED) is 0.930. The molecule has 0 unspecified atom stereocenters. The smallest absolute Gasteiger partial charge is 0.255 e. The maximum Gasteiger partial charge on any atom is 0.255 e. The van der Waals surface area contributed by atoms with Crippen LogP contribution in [0.25, 0.3) is 0 Å². The van der Waals surface area contributed by atoms with E-state index in [0.29, 0.717) is 0 Å². The van der Waals surface area contributed by atoms with Crippen molar-refractivity contribution in [2.75, 3.05) is 11.6 Å². The van der Waals surface area contributed by atoms with Gasteiger partial charge in [-0.3, -0.25) is 4.79 Å². The summed E-state index contributed by atoms with van der Waals surface area (Å²) in [6.45, 7) is 1.76. The Labute approximate surface area is 132 Å². The van der Waals surface area contributed by atoms with Gasteiger partial charge in [-0.25, -0.2) is 12.8 Å². The van der Waals surface area contributed by atoms with Crippen LogP contribution in [0.4, 0.5) is 10.1 Å². The fourth-order valence-corrected chi connectivity index (χ4v) is 3.16. The number of nitrogens with one attached hydrogen (secondary N) is 1. The van der Waals surface area contributed by atoms with Crippen molar-refractivity contribution in [1.82, 2.24) is 0 Å². The molecule has 0 atom stereocenters. The summed E-state index contributed by atoms with van der Waals surface area (Å²) in [7, 11) is -3.56. The molecule has 1 N–H and O–H groups in total. The first kappa shape index (κ1) is 16.5. The Morgan fingerprint density at radius 2 is 1.86 bits per heavy atom. The monoisotopic (exact) mass is 341 g/mol. The first-order valence-corrected chi connectivity index (χ1v) is 8.52. The average molecular weight is 342 g/mol. The minimum absolute atomic E-state index is 0.0285. The summed E-state index contributed by atoms with van der Waals surface area (Å²) in [6, 6.07) is 8.17. The van der Waals surface area contributed by atoms with Crippen molar-refractivity contribution in [2.24, 2.45) is 0 Å². The number of benzene rings is 2. The third-order valence-electron chi connectivity index (χ3n) is 2.96. The number of hydrogen-bond donors (Lipinski definition) is 1. The van der Waals surface area contributed by atoms with E-state index in [1.165, 1.54) is 30.3 Å². The van der Waals surface area contributed by atoms with Gasteiger partial charge in [0.2, 0.25) is 0 Å². The molecule has 0 aliphatic rings. The molecule has 1 amide bonds. The lowest BCUT2D eigenvalue weighted by Gasteiger charge is -2.09. The fraction of sp³-hybridized carbons (Fsp3) is 0.133. The molecule has 0 aliphatic heterocycles. The van der Waals surface area contributed by atoms with Gasteiger partial charge in [-0.2, -0.15) is 0 Å². The van der Waals surface area contributed by atoms with Crippen molar-refractivity contribution in [2.45, 2.75) is 11.8 Å². The zero-order chi connectivity index (χ0) is 16.5. The highest BCUT2D eigenvalue weighted by molar-refractivity contribution is 7.90. The average Bonchev–Trinajstić information content (AvgIpc) is 2.42. The van der Waals surface area contributed by atoms with E-state index in [4.69, 9.17) is 11.6 Å². The number of sulfone groups is 1. The van der Waals surface area contributed by atoms with Crippen molar-refractivity contribution in [1.29, 1.82) is 0 Å². The second-order valence-corrected chi connectivity index (χ2v) is 7.25. The maximum atomic E-state index is 13.6. The van der Waals surface area contributed by atoms with Gasteiger partial charge in [-0.15, -0.1) is 0 Å². The van der Waals surface area contributed by atoms with Gasteiger partial charge in [0.1, 0.15) is 5.82 Å². The lowest BCUT2D eigenvalue weighted by Crippen LogP contribution is -2.14. The van der Waals surface area contributed by atoms with E-state index in [1.54, 1.807) is 13.0 Å². The highest BCUT2D eigenvalue weighted by Gasteiger charge is 2.16. The molecule has 116 valence electrons. The number of carbonyl (C=O) groups excluding carboxylic acids is 1. The van der Waals surface area contributed by atoms with Crippen LogP contribution in [0.1, 0.15) is 15.9 Å². The molecular weight excluding hydrogens is 329 g/mol. The molecule has 0 radical (unpaired) electrons. The van der Waals surface area contributed by atoms with Crippen LogP contribution >= 0.6 is 11.6 Å². The van der Waals surface area contributed by atoms with Crippen molar-refractivity contribution in [3.05, 3.63) is 58.4 Å². The minimum Gasteiger partial charge on any atom is -0.319 e. The van der Waals surface area contributed by atoms with E-state index in [0.717, 1.165) is 11.8 Å². The zero-order valence-corrected chi connectivity index (χ0v) is 13.4. The Kier molecular flexibility index (Phi) is 4.53. The third kappa shape index (κ3) is 3.64. The molecule has 2 aromatic carbocycles. The van der Waals surface area contributed by atoms with Gasteiger partial charge in [0.25, 0.3) is 5.91 Å². The largest absolute Gasteiger partial charge is 0.319 e. The normalized spacial score (nSPS) is 11.3. The zero-order valence-electron chi connectivity index (χ0n) is 11.9. The van der Waals surface area contributed by atoms with Gasteiger partial charge >= 0.3 is 0 Å². The summed E-state index contributed by atoms with van der Waals surface area (Å²) < 4.78 is 36.9. The Bertz CT molecular complexity index is 850. The van der Waals surface area contributed by atoms with Crippen molar-refractivity contribution in [3.8, 4) is 0 Å². The van der Waals surface area contributed by atoms with Gasteiger partial charge in [-0.05, 0) is 42.8 Å². The summed E-state index contributed by atoms with van der Waals surface area (Å²) >= 11 is 5.82. The number of rotatable bonds is 3. The molecule has 0 aromatic heterocycles. The molecule has 4 nitrogen and oxygen atoms in total. The van der Waals surface area contributed by atoms with Gasteiger partial charge in [0.15, 0.2) is 9.84 Å². The summed E-state index contributed by atoms with van der Waals surface area (Å²) in [4.78, 5) is 12.0. The molecule has 2 rings (SSSR count). The van der Waals surface area contributed by atoms with Gasteiger partial charge < -0.3 is 5.32 Å². The van der Waals surface area contributed by atoms with Gasteiger partial charge in [-0.1, -0.05) is 17.7 Å². The van der Waals surface area contributed by atoms with Gasteiger partial charge in [0, 0.05) is 11.8 Å². The molecule has 0 heterocycles. The SMILES string of the molecule is Cc1ccc(F)c(NC(=O)c2ccc(Cl)c(S(C)(=O)=O)c2)c1. The van der Waals surface area contributed by atoms with Crippen LogP contribution in [0.15, 0.2) is 41.3 Å². The molecule has 0 bridgehead atoms. The lowest BCUT2D eigenvalue weighted by atomic mass is 10.2. The second-order valence-electron chi connectivity index (χ2n) is 4.85. The summed E-state index contributed by atoms with van der Waals surface area (Å²) in [5, 5.41) is 2.44. The summed E-state index contributed by atoms with van der Waals surface area (Å²) in [6.07, 6.45) is 0.996. The molecule has 0 saturated carbocycles. The first-order valence-electron chi connectivity index (χ1n) is 6.25. The Hall–Kier alpha value is -1.92. The number of carbonyl (C=O) groups is 1. The molecule has 7 heteroatoms. The predicted octanol–water partition coefficient (Wildman–Crippen LogP) is 3.44. The number of amides is 1.